The van der Waals surface area contributed by atoms with E-state index in [1.54, 1.807) is 7.05 Å². The van der Waals surface area contributed by atoms with Crippen LogP contribution in [0.1, 0.15) is 13.3 Å². The summed E-state index contributed by atoms with van der Waals surface area (Å²) in [4.78, 5) is 15.1. The molecular weight excluding hydrogens is 260 g/mol. The molecule has 112 valence electrons. The van der Waals surface area contributed by atoms with Crippen molar-refractivity contribution < 1.29 is 9.84 Å². The van der Waals surface area contributed by atoms with Gasteiger partial charge in [0.2, 0.25) is 17.8 Å². The molecule has 0 saturated carbocycles. The van der Waals surface area contributed by atoms with E-state index < -0.39 is 6.10 Å². The third-order valence-corrected chi connectivity index (χ3v) is 3.11. The van der Waals surface area contributed by atoms with Crippen LogP contribution in [0.5, 0.6) is 0 Å². The summed E-state index contributed by atoms with van der Waals surface area (Å²) in [5, 5.41) is 15.6. The van der Waals surface area contributed by atoms with Crippen LogP contribution in [0, 0.1) is 0 Å². The minimum absolute atomic E-state index is 0.406. The van der Waals surface area contributed by atoms with E-state index in [0.29, 0.717) is 44.0 Å². The van der Waals surface area contributed by atoms with Crippen LogP contribution in [-0.2, 0) is 4.74 Å². The minimum atomic E-state index is -0.406. The van der Waals surface area contributed by atoms with Gasteiger partial charge in [0, 0.05) is 26.7 Å². The van der Waals surface area contributed by atoms with Crippen molar-refractivity contribution in [1.29, 1.82) is 0 Å². The van der Waals surface area contributed by atoms with Gasteiger partial charge in [-0.25, -0.2) is 0 Å². The molecule has 0 radical (unpaired) electrons. The fraction of sp³-hybridized carbons (Fsp3) is 0.750. The molecule has 0 amide bonds. The van der Waals surface area contributed by atoms with E-state index in [1.807, 2.05) is 6.92 Å². The lowest BCUT2D eigenvalue weighted by atomic mass is 10.3. The second-order valence-electron chi connectivity index (χ2n) is 4.58. The normalized spacial score (nSPS) is 16.9. The number of aromatic nitrogens is 3. The summed E-state index contributed by atoms with van der Waals surface area (Å²) in [5.41, 5.74) is 0. The number of hydrogen-bond donors (Lipinski definition) is 3. The topological polar surface area (TPSA) is 95.4 Å². The lowest BCUT2D eigenvalue weighted by Crippen LogP contribution is -2.37. The first kappa shape index (κ1) is 14.7. The average Bonchev–Trinajstić information content (AvgIpc) is 2.53. The molecule has 2 rings (SSSR count). The van der Waals surface area contributed by atoms with Crippen molar-refractivity contribution >= 4 is 17.8 Å². The van der Waals surface area contributed by atoms with Gasteiger partial charge in [0.1, 0.15) is 0 Å². The highest BCUT2D eigenvalue weighted by Gasteiger charge is 2.16. The molecule has 20 heavy (non-hydrogen) atoms. The van der Waals surface area contributed by atoms with E-state index in [2.05, 4.69) is 30.5 Å². The Morgan fingerprint density at radius 2 is 1.95 bits per heavy atom. The van der Waals surface area contributed by atoms with Crippen molar-refractivity contribution in [3.63, 3.8) is 0 Å². The zero-order chi connectivity index (χ0) is 14.4. The molecule has 1 aromatic heterocycles. The predicted molar refractivity (Wildman–Crippen MR) is 77.2 cm³/mol. The number of nitrogens with zero attached hydrogens (tertiary/aromatic N) is 4. The van der Waals surface area contributed by atoms with Gasteiger partial charge >= 0.3 is 0 Å². The smallest absolute Gasteiger partial charge is 0.232 e. The lowest BCUT2D eigenvalue weighted by molar-refractivity contribution is 0.122. The lowest BCUT2D eigenvalue weighted by Gasteiger charge is -2.27. The van der Waals surface area contributed by atoms with Gasteiger partial charge in [-0.05, 0) is 6.42 Å². The van der Waals surface area contributed by atoms with Crippen molar-refractivity contribution in [2.45, 2.75) is 19.4 Å². The largest absolute Gasteiger partial charge is 0.391 e. The number of nitrogens with one attached hydrogen (secondary N) is 2. The van der Waals surface area contributed by atoms with Crippen LogP contribution in [0.4, 0.5) is 17.8 Å². The Bertz CT molecular complexity index is 424. The van der Waals surface area contributed by atoms with Gasteiger partial charge in [-0.3, -0.25) is 0 Å². The Hall–Kier alpha value is -1.67. The number of morpholine rings is 1. The number of aliphatic hydroxyl groups is 1. The molecule has 0 spiro atoms. The first-order valence-corrected chi connectivity index (χ1v) is 6.91. The van der Waals surface area contributed by atoms with Crippen molar-refractivity contribution in [3.05, 3.63) is 0 Å². The Kier molecular flexibility index (Phi) is 5.31. The van der Waals surface area contributed by atoms with Gasteiger partial charge in [0.15, 0.2) is 0 Å². The molecule has 3 N–H and O–H groups in total. The third kappa shape index (κ3) is 3.91. The molecule has 2 heterocycles. The van der Waals surface area contributed by atoms with E-state index in [-0.39, 0.29) is 0 Å². The quantitative estimate of drug-likeness (QED) is 0.667. The molecule has 1 fully saturated rings. The van der Waals surface area contributed by atoms with Gasteiger partial charge in [-0.2, -0.15) is 15.0 Å². The summed E-state index contributed by atoms with van der Waals surface area (Å²) >= 11 is 0. The van der Waals surface area contributed by atoms with Crippen LogP contribution >= 0.6 is 0 Å². The van der Waals surface area contributed by atoms with E-state index in [1.165, 1.54) is 0 Å². The molecule has 1 aromatic rings. The summed E-state index contributed by atoms with van der Waals surface area (Å²) < 4.78 is 5.32. The van der Waals surface area contributed by atoms with Crippen LogP contribution in [0.2, 0.25) is 0 Å². The molecule has 1 atom stereocenters. The highest BCUT2D eigenvalue weighted by molar-refractivity contribution is 5.43. The van der Waals surface area contributed by atoms with E-state index >= 15 is 0 Å². The second-order valence-corrected chi connectivity index (χ2v) is 4.58. The van der Waals surface area contributed by atoms with Crippen LogP contribution in [0.3, 0.4) is 0 Å². The molecule has 8 heteroatoms. The maximum atomic E-state index is 9.59. The molecule has 8 nitrogen and oxygen atoms in total. The van der Waals surface area contributed by atoms with Crippen molar-refractivity contribution in [2.24, 2.45) is 0 Å². The maximum absolute atomic E-state index is 9.59. The summed E-state index contributed by atoms with van der Waals surface area (Å²) in [5.74, 6) is 1.61. The highest BCUT2D eigenvalue weighted by atomic mass is 16.5. The maximum Gasteiger partial charge on any atom is 0.232 e. The molecular formula is C12H22N6O2. The Balaban J connectivity index is 2.10. The SMILES string of the molecule is CCC(O)CNc1nc(NC)nc(N2CCOCC2)n1. The fourth-order valence-corrected chi connectivity index (χ4v) is 1.81. The second kappa shape index (κ2) is 7.20. The molecule has 0 bridgehead atoms. The molecule has 1 aliphatic heterocycles. The van der Waals surface area contributed by atoms with E-state index in [9.17, 15) is 5.11 Å². The first-order valence-electron chi connectivity index (χ1n) is 6.91. The zero-order valence-electron chi connectivity index (χ0n) is 12.0. The van der Waals surface area contributed by atoms with Gasteiger partial charge in [0.25, 0.3) is 0 Å². The number of hydrogen-bond acceptors (Lipinski definition) is 8. The van der Waals surface area contributed by atoms with Crippen molar-refractivity contribution in [3.8, 4) is 0 Å². The summed E-state index contributed by atoms with van der Waals surface area (Å²) in [7, 11) is 1.77. The first-order chi connectivity index (χ1) is 9.72. The molecule has 1 aliphatic rings. The minimum Gasteiger partial charge on any atom is -0.391 e. The number of aliphatic hydroxyl groups excluding tert-OH is 1. The molecule has 1 saturated heterocycles. The summed E-state index contributed by atoms with van der Waals surface area (Å²) in [6, 6.07) is 0. The third-order valence-electron chi connectivity index (χ3n) is 3.11. The van der Waals surface area contributed by atoms with E-state index in [4.69, 9.17) is 4.74 Å². The number of rotatable bonds is 6. The average molecular weight is 282 g/mol. The predicted octanol–water partition coefficient (Wildman–Crippen LogP) is -0.0673. The van der Waals surface area contributed by atoms with Gasteiger partial charge in [-0.1, -0.05) is 6.92 Å². The Morgan fingerprint density at radius 3 is 2.60 bits per heavy atom. The van der Waals surface area contributed by atoms with Crippen LogP contribution in [-0.4, -0.2) is 66.1 Å². The van der Waals surface area contributed by atoms with Gasteiger partial charge in [-0.15, -0.1) is 0 Å². The number of ether oxygens (including phenoxy) is 1. The Morgan fingerprint density at radius 1 is 1.25 bits per heavy atom. The van der Waals surface area contributed by atoms with Gasteiger partial charge < -0.3 is 25.4 Å². The Labute approximate surface area is 118 Å². The van der Waals surface area contributed by atoms with Crippen molar-refractivity contribution in [2.75, 3.05) is 55.4 Å². The molecule has 1 unspecified atom stereocenters. The monoisotopic (exact) mass is 282 g/mol. The van der Waals surface area contributed by atoms with Crippen LogP contribution < -0.4 is 15.5 Å². The van der Waals surface area contributed by atoms with Gasteiger partial charge in [0.05, 0.1) is 19.3 Å². The van der Waals surface area contributed by atoms with E-state index in [0.717, 1.165) is 13.1 Å². The summed E-state index contributed by atoms with van der Waals surface area (Å²) in [6.45, 7) is 5.24. The molecule has 0 aromatic carbocycles. The molecule has 0 aliphatic carbocycles. The highest BCUT2D eigenvalue weighted by Crippen LogP contribution is 2.14. The van der Waals surface area contributed by atoms with Crippen LogP contribution in [0.15, 0.2) is 0 Å². The number of anilines is 3. The standard InChI is InChI=1S/C12H22N6O2/c1-3-9(19)8-14-11-15-10(13-2)16-12(17-11)18-4-6-20-7-5-18/h9,19H,3-8H2,1-2H3,(H2,13,14,15,16,17). The van der Waals surface area contributed by atoms with Crippen molar-refractivity contribution in [1.82, 2.24) is 15.0 Å². The zero-order valence-corrected chi connectivity index (χ0v) is 12.0. The fourth-order valence-electron chi connectivity index (χ4n) is 1.81. The van der Waals surface area contributed by atoms with Crippen LogP contribution in [0.25, 0.3) is 0 Å². The summed E-state index contributed by atoms with van der Waals surface area (Å²) in [6.07, 6.45) is 0.282.